The molecule has 3 rings (SSSR count). The van der Waals surface area contributed by atoms with Gasteiger partial charge in [-0.25, -0.2) is 0 Å². The summed E-state index contributed by atoms with van der Waals surface area (Å²) in [5.74, 6) is 2.18. The van der Waals surface area contributed by atoms with Crippen LogP contribution in [-0.4, -0.2) is 65.4 Å². The van der Waals surface area contributed by atoms with Crippen LogP contribution >= 0.6 is 0 Å². The van der Waals surface area contributed by atoms with E-state index >= 15 is 0 Å². The first kappa shape index (κ1) is 17.8. The Morgan fingerprint density at radius 1 is 1.21 bits per heavy atom. The zero-order valence-corrected chi connectivity index (χ0v) is 15.4. The lowest BCUT2D eigenvalue weighted by molar-refractivity contribution is -0.0198. The lowest BCUT2D eigenvalue weighted by Gasteiger charge is -2.37. The minimum absolute atomic E-state index is 0.202. The Hall–Kier alpha value is -0.980. The van der Waals surface area contributed by atoms with Crippen molar-refractivity contribution in [2.75, 3.05) is 39.3 Å². The molecule has 1 aliphatic heterocycles. The van der Waals surface area contributed by atoms with Gasteiger partial charge in [0.05, 0.1) is 18.8 Å². The monoisotopic (exact) mass is 336 g/mol. The summed E-state index contributed by atoms with van der Waals surface area (Å²) in [7, 11) is 0. The predicted molar refractivity (Wildman–Crippen MR) is 92.8 cm³/mol. The van der Waals surface area contributed by atoms with E-state index in [2.05, 4.69) is 33.8 Å². The van der Waals surface area contributed by atoms with Crippen molar-refractivity contribution < 1.29 is 9.26 Å². The molecule has 6 nitrogen and oxygen atoms in total. The fourth-order valence-electron chi connectivity index (χ4n) is 3.88. The molecule has 0 spiro atoms. The summed E-state index contributed by atoms with van der Waals surface area (Å²) in [6.45, 7) is 12.5. The molecule has 2 fully saturated rings. The Labute approximate surface area is 145 Å². The van der Waals surface area contributed by atoms with E-state index in [1.54, 1.807) is 0 Å². The van der Waals surface area contributed by atoms with Gasteiger partial charge in [-0.15, -0.1) is 0 Å². The fraction of sp³-hybridized carbons (Fsp3) is 0.889. The van der Waals surface area contributed by atoms with Gasteiger partial charge in [0, 0.05) is 32.7 Å². The van der Waals surface area contributed by atoms with Crippen LogP contribution in [0, 0.1) is 12.8 Å². The van der Waals surface area contributed by atoms with E-state index in [4.69, 9.17) is 9.26 Å². The quantitative estimate of drug-likeness (QED) is 0.796. The molecule has 3 atom stereocenters. The maximum Gasteiger partial charge on any atom is 0.243 e. The average Bonchev–Trinajstić information content (AvgIpc) is 3.03. The molecule has 0 N–H and O–H groups in total. The number of hydrogen-bond acceptors (Lipinski definition) is 6. The molecule has 6 heteroatoms. The van der Waals surface area contributed by atoms with Crippen molar-refractivity contribution in [2.24, 2.45) is 5.92 Å². The van der Waals surface area contributed by atoms with Crippen molar-refractivity contribution in [3.63, 3.8) is 0 Å². The van der Waals surface area contributed by atoms with Crippen LogP contribution in [-0.2, 0) is 4.74 Å². The number of aryl methyl sites for hydroxylation is 1. The topological polar surface area (TPSA) is 54.6 Å². The number of ether oxygens (including phenoxy) is 1. The molecule has 3 unspecified atom stereocenters. The van der Waals surface area contributed by atoms with Gasteiger partial charge in [-0.1, -0.05) is 24.9 Å². The largest absolute Gasteiger partial charge is 0.377 e. The molecular formula is C18H32N4O2. The Morgan fingerprint density at radius 3 is 2.62 bits per heavy atom. The van der Waals surface area contributed by atoms with Crippen molar-refractivity contribution in [1.29, 1.82) is 0 Å². The smallest absolute Gasteiger partial charge is 0.243 e. The molecule has 1 aliphatic carbocycles. The summed E-state index contributed by atoms with van der Waals surface area (Å²) >= 11 is 0. The van der Waals surface area contributed by atoms with Gasteiger partial charge in [-0.2, -0.15) is 4.98 Å². The normalized spacial score (nSPS) is 28.1. The van der Waals surface area contributed by atoms with Crippen LogP contribution in [0.3, 0.4) is 0 Å². The maximum absolute atomic E-state index is 6.16. The molecule has 1 saturated carbocycles. The van der Waals surface area contributed by atoms with Gasteiger partial charge in [-0.05, 0) is 32.6 Å². The molecule has 136 valence electrons. The number of hydrogen-bond donors (Lipinski definition) is 0. The molecule has 24 heavy (non-hydrogen) atoms. The SMILES string of the molecule is Cc1noc(C(C)N2CCN(CCOC3CCCCC3C)CC2)n1. The highest BCUT2D eigenvalue weighted by molar-refractivity contribution is 4.91. The first-order valence-corrected chi connectivity index (χ1v) is 9.51. The number of aromatic nitrogens is 2. The molecule has 0 radical (unpaired) electrons. The number of nitrogens with zero attached hydrogens (tertiary/aromatic N) is 4. The highest BCUT2D eigenvalue weighted by Gasteiger charge is 2.26. The summed E-state index contributed by atoms with van der Waals surface area (Å²) in [6.07, 6.45) is 5.77. The molecule has 1 saturated heterocycles. The minimum Gasteiger partial charge on any atom is -0.377 e. The fourth-order valence-corrected chi connectivity index (χ4v) is 3.88. The van der Waals surface area contributed by atoms with Crippen LogP contribution in [0.2, 0.25) is 0 Å². The molecule has 1 aromatic heterocycles. The standard InChI is InChI=1S/C18H32N4O2/c1-14-6-4-5-7-17(14)23-13-12-21-8-10-22(11-9-21)15(2)18-19-16(3)20-24-18/h14-15,17H,4-13H2,1-3H3. The van der Waals surface area contributed by atoms with E-state index in [1.165, 1.54) is 25.7 Å². The van der Waals surface area contributed by atoms with Gasteiger partial charge >= 0.3 is 0 Å². The molecule has 2 aliphatic rings. The average molecular weight is 336 g/mol. The van der Waals surface area contributed by atoms with E-state index in [9.17, 15) is 0 Å². The molecule has 1 aromatic rings. The van der Waals surface area contributed by atoms with Crippen LogP contribution in [0.4, 0.5) is 0 Å². The Balaban J connectivity index is 1.36. The van der Waals surface area contributed by atoms with Crippen molar-refractivity contribution in [3.8, 4) is 0 Å². The van der Waals surface area contributed by atoms with Crippen LogP contribution < -0.4 is 0 Å². The lowest BCUT2D eigenvalue weighted by atomic mass is 9.88. The second-order valence-corrected chi connectivity index (χ2v) is 7.40. The maximum atomic E-state index is 6.16. The highest BCUT2D eigenvalue weighted by atomic mass is 16.5. The number of rotatable bonds is 6. The van der Waals surface area contributed by atoms with Gasteiger partial charge in [0.1, 0.15) is 0 Å². The van der Waals surface area contributed by atoms with Gasteiger partial charge in [0.2, 0.25) is 5.89 Å². The van der Waals surface area contributed by atoms with Crippen molar-refractivity contribution in [1.82, 2.24) is 19.9 Å². The van der Waals surface area contributed by atoms with Gasteiger partial charge < -0.3 is 9.26 Å². The number of piperazine rings is 1. The van der Waals surface area contributed by atoms with Crippen molar-refractivity contribution >= 4 is 0 Å². The van der Waals surface area contributed by atoms with E-state index in [1.807, 2.05) is 6.92 Å². The highest BCUT2D eigenvalue weighted by Crippen LogP contribution is 2.26. The molecule has 2 heterocycles. The van der Waals surface area contributed by atoms with Gasteiger partial charge in [0.15, 0.2) is 5.82 Å². The van der Waals surface area contributed by atoms with Crippen LogP contribution in [0.1, 0.15) is 57.3 Å². The first-order chi connectivity index (χ1) is 11.6. The van der Waals surface area contributed by atoms with E-state index in [0.717, 1.165) is 51.1 Å². The van der Waals surface area contributed by atoms with Crippen LogP contribution in [0.15, 0.2) is 4.52 Å². The van der Waals surface area contributed by atoms with E-state index in [0.29, 0.717) is 11.9 Å². The third-order valence-electron chi connectivity index (χ3n) is 5.63. The third kappa shape index (κ3) is 4.55. The first-order valence-electron chi connectivity index (χ1n) is 9.51. The summed E-state index contributed by atoms with van der Waals surface area (Å²) < 4.78 is 11.5. The zero-order valence-electron chi connectivity index (χ0n) is 15.4. The summed E-state index contributed by atoms with van der Waals surface area (Å²) in [6, 6.07) is 0.202. The van der Waals surface area contributed by atoms with E-state index in [-0.39, 0.29) is 6.04 Å². The molecule has 0 bridgehead atoms. The molecular weight excluding hydrogens is 304 g/mol. The Morgan fingerprint density at radius 2 is 1.96 bits per heavy atom. The third-order valence-corrected chi connectivity index (χ3v) is 5.63. The second-order valence-electron chi connectivity index (χ2n) is 7.40. The zero-order chi connectivity index (χ0) is 16.9. The molecule has 0 aromatic carbocycles. The minimum atomic E-state index is 0.202. The lowest BCUT2D eigenvalue weighted by Crippen LogP contribution is -2.48. The van der Waals surface area contributed by atoms with Crippen molar-refractivity contribution in [3.05, 3.63) is 11.7 Å². The molecule has 0 amide bonds. The Bertz CT molecular complexity index is 499. The van der Waals surface area contributed by atoms with E-state index < -0.39 is 0 Å². The van der Waals surface area contributed by atoms with Crippen LogP contribution in [0.5, 0.6) is 0 Å². The Kier molecular flexibility index (Phi) is 6.25. The summed E-state index contributed by atoms with van der Waals surface area (Å²) in [5.41, 5.74) is 0. The predicted octanol–water partition coefficient (Wildman–Crippen LogP) is 2.65. The second kappa shape index (κ2) is 8.41. The van der Waals surface area contributed by atoms with Gasteiger partial charge in [-0.3, -0.25) is 9.80 Å². The summed E-state index contributed by atoms with van der Waals surface area (Å²) in [4.78, 5) is 9.29. The van der Waals surface area contributed by atoms with Crippen molar-refractivity contribution in [2.45, 2.75) is 58.6 Å². The van der Waals surface area contributed by atoms with Crippen LogP contribution in [0.25, 0.3) is 0 Å². The summed E-state index contributed by atoms with van der Waals surface area (Å²) in [5, 5.41) is 3.90. The van der Waals surface area contributed by atoms with Gasteiger partial charge in [0.25, 0.3) is 0 Å².